The van der Waals surface area contributed by atoms with Gasteiger partial charge in [-0.05, 0) is 104 Å². The van der Waals surface area contributed by atoms with Gasteiger partial charge in [0.15, 0.2) is 0 Å². The molecule has 0 fully saturated rings. The number of nitrogens with zero attached hydrogens (tertiary/aromatic N) is 2. The number of hydrogen-bond acceptors (Lipinski definition) is 1. The number of aromatic nitrogens is 1. The molecular formula is C50H34N2. The van der Waals surface area contributed by atoms with Gasteiger partial charge in [-0.1, -0.05) is 146 Å². The summed E-state index contributed by atoms with van der Waals surface area (Å²) in [7, 11) is 0. The van der Waals surface area contributed by atoms with E-state index in [9.17, 15) is 0 Å². The highest BCUT2D eigenvalue weighted by molar-refractivity contribution is 6.21. The van der Waals surface area contributed by atoms with Crippen LogP contribution in [0.1, 0.15) is 0 Å². The molecule has 0 atom stereocenters. The normalized spacial score (nSPS) is 11.5. The van der Waals surface area contributed by atoms with Crippen LogP contribution in [0, 0.1) is 0 Å². The lowest BCUT2D eigenvalue weighted by molar-refractivity contribution is 1.17. The lowest BCUT2D eigenvalue weighted by Crippen LogP contribution is -2.10. The summed E-state index contributed by atoms with van der Waals surface area (Å²) in [6, 6.07) is 74.5. The van der Waals surface area contributed by atoms with E-state index in [4.69, 9.17) is 0 Å². The Balaban J connectivity index is 1.09. The van der Waals surface area contributed by atoms with Gasteiger partial charge in [0.1, 0.15) is 0 Å². The van der Waals surface area contributed by atoms with E-state index in [2.05, 4.69) is 216 Å². The maximum Gasteiger partial charge on any atom is 0.0541 e. The fraction of sp³-hybridized carbons (Fsp3) is 0. The van der Waals surface area contributed by atoms with Crippen molar-refractivity contribution < 1.29 is 0 Å². The first-order valence-electron chi connectivity index (χ1n) is 17.9. The molecule has 0 unspecified atom stereocenters. The van der Waals surface area contributed by atoms with E-state index in [0.717, 1.165) is 22.7 Å². The van der Waals surface area contributed by atoms with Crippen molar-refractivity contribution >= 4 is 60.4 Å². The Hall–Kier alpha value is -6.90. The lowest BCUT2D eigenvalue weighted by atomic mass is 9.86. The Morgan fingerprint density at radius 1 is 0.269 bits per heavy atom. The minimum Gasteiger partial charge on any atom is -0.311 e. The summed E-state index contributed by atoms with van der Waals surface area (Å²) >= 11 is 0. The van der Waals surface area contributed by atoms with Crippen LogP contribution in [0.3, 0.4) is 0 Å². The van der Waals surface area contributed by atoms with E-state index < -0.39 is 0 Å². The van der Waals surface area contributed by atoms with Crippen LogP contribution in [0.15, 0.2) is 206 Å². The Morgan fingerprint density at radius 2 is 0.615 bits per heavy atom. The molecular weight excluding hydrogens is 629 g/mol. The van der Waals surface area contributed by atoms with Crippen molar-refractivity contribution in [2.24, 2.45) is 0 Å². The molecule has 0 amide bonds. The predicted molar refractivity (Wildman–Crippen MR) is 221 cm³/mol. The molecule has 0 aliphatic carbocycles. The molecule has 0 saturated carbocycles. The van der Waals surface area contributed by atoms with Crippen LogP contribution in [-0.4, -0.2) is 4.57 Å². The van der Waals surface area contributed by atoms with E-state index in [0.29, 0.717) is 0 Å². The van der Waals surface area contributed by atoms with Crippen molar-refractivity contribution in [1.29, 1.82) is 0 Å². The Bertz CT molecular complexity index is 2760. The van der Waals surface area contributed by atoms with Crippen molar-refractivity contribution in [3.63, 3.8) is 0 Å². The topological polar surface area (TPSA) is 8.17 Å². The van der Waals surface area contributed by atoms with E-state index >= 15 is 0 Å². The molecule has 0 bridgehead atoms. The first-order chi connectivity index (χ1) is 25.8. The van der Waals surface area contributed by atoms with Gasteiger partial charge in [0.2, 0.25) is 0 Å². The molecule has 0 aliphatic heterocycles. The standard InChI is InChI=1S/C50H34N2/c1-3-15-35(16-4-1)49-43-21-7-9-23-45(43)50(46-24-10-8-22-44(46)49)36-27-29-38(30-28-36)51(37-17-5-2-6-18-37)39-31-33-40(34-32-39)52-47-25-13-11-19-41(47)42-20-12-14-26-48(42)52/h1-34H. The van der Waals surface area contributed by atoms with Crippen LogP contribution in [0.4, 0.5) is 17.1 Å². The summed E-state index contributed by atoms with van der Waals surface area (Å²) in [5.74, 6) is 0. The van der Waals surface area contributed by atoms with Crippen molar-refractivity contribution in [3.05, 3.63) is 206 Å². The van der Waals surface area contributed by atoms with Gasteiger partial charge >= 0.3 is 0 Å². The molecule has 244 valence electrons. The Kier molecular flexibility index (Phi) is 7.18. The van der Waals surface area contributed by atoms with Crippen LogP contribution in [-0.2, 0) is 0 Å². The molecule has 0 N–H and O–H groups in total. The van der Waals surface area contributed by atoms with Crippen molar-refractivity contribution in [2.45, 2.75) is 0 Å². The van der Waals surface area contributed by atoms with Gasteiger partial charge in [0.25, 0.3) is 0 Å². The lowest BCUT2D eigenvalue weighted by Gasteiger charge is -2.26. The average Bonchev–Trinajstić information content (AvgIpc) is 3.56. The van der Waals surface area contributed by atoms with Crippen LogP contribution >= 0.6 is 0 Å². The van der Waals surface area contributed by atoms with Crippen molar-refractivity contribution in [2.75, 3.05) is 4.90 Å². The molecule has 10 aromatic rings. The quantitative estimate of drug-likeness (QED) is 0.161. The predicted octanol–water partition coefficient (Wildman–Crippen LogP) is 13.9. The first-order valence-corrected chi connectivity index (χ1v) is 17.9. The number of fused-ring (bicyclic) bond motifs is 5. The monoisotopic (exact) mass is 662 g/mol. The Labute approximate surface area is 303 Å². The molecule has 1 aromatic heterocycles. The Morgan fingerprint density at radius 3 is 1.10 bits per heavy atom. The largest absolute Gasteiger partial charge is 0.311 e. The molecule has 0 aliphatic rings. The number of anilines is 3. The zero-order valence-corrected chi connectivity index (χ0v) is 28.5. The SMILES string of the molecule is c1ccc(-c2c3ccccc3c(-c3ccc(N(c4ccccc4)c4ccc(-n5c6ccccc6c6ccccc65)cc4)cc3)c3ccccc23)cc1. The first kappa shape index (κ1) is 30.0. The number of rotatable bonds is 6. The molecule has 9 aromatic carbocycles. The van der Waals surface area contributed by atoms with Crippen LogP contribution in [0.5, 0.6) is 0 Å². The van der Waals surface area contributed by atoms with Gasteiger partial charge < -0.3 is 9.47 Å². The zero-order chi connectivity index (χ0) is 34.4. The maximum absolute atomic E-state index is 2.37. The van der Waals surface area contributed by atoms with E-state index in [-0.39, 0.29) is 0 Å². The fourth-order valence-electron chi connectivity index (χ4n) is 8.11. The van der Waals surface area contributed by atoms with E-state index in [1.807, 2.05) is 0 Å². The molecule has 2 heteroatoms. The van der Waals surface area contributed by atoms with Gasteiger partial charge in [-0.2, -0.15) is 0 Å². The van der Waals surface area contributed by atoms with Crippen LogP contribution < -0.4 is 4.90 Å². The third kappa shape index (κ3) is 4.88. The van der Waals surface area contributed by atoms with Gasteiger partial charge in [0.05, 0.1) is 11.0 Å². The molecule has 10 rings (SSSR count). The number of para-hydroxylation sites is 3. The third-order valence-corrected chi connectivity index (χ3v) is 10.4. The molecule has 0 radical (unpaired) electrons. The smallest absolute Gasteiger partial charge is 0.0541 e. The highest BCUT2D eigenvalue weighted by Crippen LogP contribution is 2.44. The summed E-state index contributed by atoms with van der Waals surface area (Å²) in [5, 5.41) is 7.58. The second kappa shape index (κ2) is 12.5. The minimum absolute atomic E-state index is 1.10. The second-order valence-electron chi connectivity index (χ2n) is 13.3. The number of hydrogen-bond donors (Lipinski definition) is 0. The van der Waals surface area contributed by atoms with Crippen molar-refractivity contribution in [1.82, 2.24) is 4.57 Å². The van der Waals surface area contributed by atoms with Gasteiger partial charge in [-0.3, -0.25) is 0 Å². The van der Waals surface area contributed by atoms with Gasteiger partial charge in [-0.15, -0.1) is 0 Å². The van der Waals surface area contributed by atoms with Gasteiger partial charge in [-0.25, -0.2) is 0 Å². The third-order valence-electron chi connectivity index (χ3n) is 10.4. The number of benzene rings is 9. The summed E-state index contributed by atoms with van der Waals surface area (Å²) in [4.78, 5) is 2.34. The molecule has 1 heterocycles. The fourth-order valence-corrected chi connectivity index (χ4v) is 8.11. The molecule has 2 nitrogen and oxygen atoms in total. The summed E-state index contributed by atoms with van der Waals surface area (Å²) in [5.41, 5.74) is 11.9. The summed E-state index contributed by atoms with van der Waals surface area (Å²) in [6.07, 6.45) is 0. The zero-order valence-electron chi connectivity index (χ0n) is 28.5. The van der Waals surface area contributed by atoms with E-state index in [1.165, 1.54) is 65.6 Å². The van der Waals surface area contributed by atoms with Crippen LogP contribution in [0.2, 0.25) is 0 Å². The second-order valence-corrected chi connectivity index (χ2v) is 13.3. The average molecular weight is 663 g/mol. The van der Waals surface area contributed by atoms with Crippen molar-refractivity contribution in [3.8, 4) is 27.9 Å². The summed E-state index contributed by atoms with van der Waals surface area (Å²) in [6.45, 7) is 0. The molecule has 0 saturated heterocycles. The van der Waals surface area contributed by atoms with E-state index in [1.54, 1.807) is 0 Å². The van der Waals surface area contributed by atoms with Gasteiger partial charge in [0, 0.05) is 33.5 Å². The maximum atomic E-state index is 2.37. The minimum atomic E-state index is 1.10. The summed E-state index contributed by atoms with van der Waals surface area (Å²) < 4.78 is 2.37. The molecule has 0 spiro atoms. The molecule has 52 heavy (non-hydrogen) atoms. The highest BCUT2D eigenvalue weighted by Gasteiger charge is 2.18. The van der Waals surface area contributed by atoms with Crippen LogP contribution in [0.25, 0.3) is 71.3 Å². The highest BCUT2D eigenvalue weighted by atomic mass is 15.1.